The summed E-state index contributed by atoms with van der Waals surface area (Å²) in [6.45, 7) is 7.26. The molecule has 38 heavy (non-hydrogen) atoms. The topological polar surface area (TPSA) is 99.0 Å². The van der Waals surface area contributed by atoms with Crippen molar-refractivity contribution in [2.45, 2.75) is 32.7 Å². The van der Waals surface area contributed by atoms with Crippen LogP contribution < -0.4 is 9.47 Å². The van der Waals surface area contributed by atoms with Crippen molar-refractivity contribution < 1.29 is 24.0 Å². The van der Waals surface area contributed by atoms with E-state index in [-0.39, 0.29) is 22.9 Å². The number of non-ortho nitro benzene ring substituents is 1. The van der Waals surface area contributed by atoms with Crippen LogP contribution in [0.4, 0.5) is 10.5 Å². The molecule has 0 aliphatic carbocycles. The maximum absolute atomic E-state index is 12.9. The number of benzene rings is 3. The van der Waals surface area contributed by atoms with Gasteiger partial charge in [-0.1, -0.05) is 57.2 Å². The summed E-state index contributed by atoms with van der Waals surface area (Å²) in [6.07, 6.45) is 1.65. The molecule has 0 bridgehead atoms. The zero-order valence-electron chi connectivity index (χ0n) is 21.4. The fourth-order valence-corrected chi connectivity index (χ4v) is 4.60. The average molecular weight is 533 g/mol. The van der Waals surface area contributed by atoms with Crippen LogP contribution in [0.3, 0.4) is 0 Å². The highest BCUT2D eigenvalue weighted by molar-refractivity contribution is 8.18. The second-order valence-electron chi connectivity index (χ2n) is 9.74. The molecule has 3 aromatic rings. The van der Waals surface area contributed by atoms with E-state index in [1.54, 1.807) is 12.1 Å². The third-order valence-electron chi connectivity index (χ3n) is 5.86. The van der Waals surface area contributed by atoms with E-state index in [0.29, 0.717) is 29.4 Å². The molecule has 0 aromatic heterocycles. The second kappa shape index (κ2) is 11.5. The lowest BCUT2D eigenvalue weighted by Gasteiger charge is -2.19. The number of rotatable bonds is 9. The molecule has 0 radical (unpaired) electrons. The molecular formula is C29H28N2O6S. The predicted molar refractivity (Wildman–Crippen MR) is 147 cm³/mol. The number of nitro benzene ring substituents is 1. The summed E-state index contributed by atoms with van der Waals surface area (Å²) in [5.74, 6) is 0.992. The van der Waals surface area contributed by atoms with Gasteiger partial charge in [0.15, 0.2) is 0 Å². The third-order valence-corrected chi connectivity index (χ3v) is 6.77. The minimum Gasteiger partial charge on any atom is -0.490 e. The Bertz CT molecular complexity index is 1360. The first kappa shape index (κ1) is 26.9. The standard InChI is InChI=1S/C29H28N2O6S/c1-29(2,3)22-9-13-24(14-10-22)36-15-16-37-25-6-4-5-21(17-25)18-26-27(32)30(28(33)38-26)19-20-7-11-23(12-8-20)31(34)35/h4-14,17-18H,15-16,19H2,1-3H3/b26-18-. The molecule has 0 unspecified atom stereocenters. The van der Waals surface area contributed by atoms with Crippen LogP contribution in [0, 0.1) is 10.1 Å². The van der Waals surface area contributed by atoms with Crippen LogP contribution in [0.1, 0.15) is 37.5 Å². The molecule has 3 aromatic carbocycles. The van der Waals surface area contributed by atoms with Gasteiger partial charge in [-0.05, 0) is 64.2 Å². The summed E-state index contributed by atoms with van der Waals surface area (Å²) in [4.78, 5) is 37.1. The highest BCUT2D eigenvalue weighted by atomic mass is 32.2. The summed E-state index contributed by atoms with van der Waals surface area (Å²) in [7, 11) is 0. The van der Waals surface area contributed by atoms with Gasteiger partial charge < -0.3 is 9.47 Å². The number of nitro groups is 1. The minimum atomic E-state index is -0.497. The van der Waals surface area contributed by atoms with Crippen molar-refractivity contribution in [1.82, 2.24) is 4.90 Å². The lowest BCUT2D eigenvalue weighted by molar-refractivity contribution is -0.384. The maximum atomic E-state index is 12.9. The predicted octanol–water partition coefficient (Wildman–Crippen LogP) is 6.59. The first-order valence-electron chi connectivity index (χ1n) is 12.0. The second-order valence-corrected chi connectivity index (χ2v) is 10.7. The Labute approximate surface area is 225 Å². The normalized spacial score (nSPS) is 14.7. The first-order chi connectivity index (χ1) is 18.1. The van der Waals surface area contributed by atoms with E-state index in [9.17, 15) is 19.7 Å². The molecule has 1 fully saturated rings. The summed E-state index contributed by atoms with van der Waals surface area (Å²) < 4.78 is 11.6. The molecule has 1 aliphatic rings. The summed E-state index contributed by atoms with van der Waals surface area (Å²) in [6, 6.07) is 21.1. The number of imide groups is 1. The molecule has 0 atom stereocenters. The first-order valence-corrected chi connectivity index (χ1v) is 12.9. The van der Waals surface area contributed by atoms with Crippen molar-refractivity contribution in [3.8, 4) is 11.5 Å². The van der Waals surface area contributed by atoms with E-state index in [2.05, 4.69) is 32.9 Å². The van der Waals surface area contributed by atoms with Crippen LogP contribution in [0.15, 0.2) is 77.7 Å². The number of carbonyl (C=O) groups excluding carboxylic acids is 2. The number of hydrogen-bond acceptors (Lipinski definition) is 7. The molecule has 9 heteroatoms. The van der Waals surface area contributed by atoms with E-state index < -0.39 is 10.8 Å². The van der Waals surface area contributed by atoms with Crippen LogP contribution in [0.25, 0.3) is 6.08 Å². The van der Waals surface area contributed by atoms with E-state index in [1.165, 1.54) is 29.8 Å². The highest BCUT2D eigenvalue weighted by Crippen LogP contribution is 2.34. The Hall–Kier alpha value is -4.11. The Balaban J connectivity index is 1.32. The van der Waals surface area contributed by atoms with Crippen molar-refractivity contribution in [2.75, 3.05) is 13.2 Å². The van der Waals surface area contributed by atoms with Gasteiger partial charge in [-0.25, -0.2) is 0 Å². The number of amides is 2. The highest BCUT2D eigenvalue weighted by Gasteiger charge is 2.35. The summed E-state index contributed by atoms with van der Waals surface area (Å²) in [5, 5.41) is 10.4. The number of thioether (sulfide) groups is 1. The molecule has 196 valence electrons. The number of carbonyl (C=O) groups is 2. The Morgan fingerprint density at radius 3 is 2.21 bits per heavy atom. The van der Waals surface area contributed by atoms with Crippen LogP contribution in [0.2, 0.25) is 0 Å². The van der Waals surface area contributed by atoms with Crippen molar-refractivity contribution in [3.05, 3.63) is 105 Å². The van der Waals surface area contributed by atoms with Gasteiger partial charge in [0.25, 0.3) is 16.8 Å². The zero-order chi connectivity index (χ0) is 27.3. The summed E-state index contributed by atoms with van der Waals surface area (Å²) in [5.41, 5.74) is 2.62. The fraction of sp³-hybridized carbons (Fsp3) is 0.241. The monoisotopic (exact) mass is 532 g/mol. The van der Waals surface area contributed by atoms with Gasteiger partial charge in [0.2, 0.25) is 0 Å². The Morgan fingerprint density at radius 1 is 0.921 bits per heavy atom. The van der Waals surface area contributed by atoms with Crippen molar-refractivity contribution in [3.63, 3.8) is 0 Å². The van der Waals surface area contributed by atoms with Crippen LogP contribution in [0.5, 0.6) is 11.5 Å². The van der Waals surface area contributed by atoms with Gasteiger partial charge >= 0.3 is 0 Å². The zero-order valence-corrected chi connectivity index (χ0v) is 22.2. The molecule has 1 heterocycles. The fourth-order valence-electron chi connectivity index (χ4n) is 3.76. The van der Waals surface area contributed by atoms with Crippen LogP contribution in [-0.4, -0.2) is 34.2 Å². The quantitative estimate of drug-likeness (QED) is 0.133. The lowest BCUT2D eigenvalue weighted by Crippen LogP contribution is -2.27. The van der Waals surface area contributed by atoms with E-state index in [0.717, 1.165) is 28.0 Å². The number of hydrogen-bond donors (Lipinski definition) is 0. The number of nitrogens with zero attached hydrogens (tertiary/aromatic N) is 2. The van der Waals surface area contributed by atoms with Crippen LogP contribution >= 0.6 is 11.8 Å². The van der Waals surface area contributed by atoms with Gasteiger partial charge in [0.05, 0.1) is 16.4 Å². The molecule has 4 rings (SSSR count). The molecule has 0 spiro atoms. The van der Waals surface area contributed by atoms with Gasteiger partial charge in [0.1, 0.15) is 24.7 Å². The van der Waals surface area contributed by atoms with E-state index in [4.69, 9.17) is 9.47 Å². The smallest absolute Gasteiger partial charge is 0.293 e. The molecule has 8 nitrogen and oxygen atoms in total. The van der Waals surface area contributed by atoms with Crippen LogP contribution in [-0.2, 0) is 16.8 Å². The van der Waals surface area contributed by atoms with Crippen molar-refractivity contribution >= 4 is 34.7 Å². The Kier molecular flexibility index (Phi) is 8.16. The van der Waals surface area contributed by atoms with Gasteiger partial charge in [-0.3, -0.25) is 24.6 Å². The molecule has 1 aliphatic heterocycles. The molecule has 2 amide bonds. The van der Waals surface area contributed by atoms with Gasteiger partial charge in [-0.2, -0.15) is 0 Å². The van der Waals surface area contributed by atoms with Gasteiger partial charge in [0, 0.05) is 12.1 Å². The largest absolute Gasteiger partial charge is 0.490 e. The third kappa shape index (κ3) is 6.80. The van der Waals surface area contributed by atoms with E-state index in [1.807, 2.05) is 30.3 Å². The average Bonchev–Trinajstić information content (AvgIpc) is 3.14. The maximum Gasteiger partial charge on any atom is 0.293 e. The summed E-state index contributed by atoms with van der Waals surface area (Å²) >= 11 is 0.861. The SMILES string of the molecule is CC(C)(C)c1ccc(OCCOc2cccc(/C=C3\SC(=O)N(Cc4ccc([N+](=O)[O-])cc4)C3=O)c2)cc1. The van der Waals surface area contributed by atoms with Crippen molar-refractivity contribution in [1.29, 1.82) is 0 Å². The molecule has 0 N–H and O–H groups in total. The molecule has 0 saturated carbocycles. The molecule has 1 saturated heterocycles. The minimum absolute atomic E-state index is 0.0437. The molecular weight excluding hydrogens is 504 g/mol. The van der Waals surface area contributed by atoms with Crippen molar-refractivity contribution in [2.24, 2.45) is 0 Å². The number of ether oxygens (including phenoxy) is 2. The van der Waals surface area contributed by atoms with E-state index >= 15 is 0 Å². The lowest BCUT2D eigenvalue weighted by atomic mass is 9.87. The Morgan fingerprint density at radius 2 is 1.58 bits per heavy atom. The van der Waals surface area contributed by atoms with Gasteiger partial charge in [-0.15, -0.1) is 0 Å².